The zero-order chi connectivity index (χ0) is 19.4. The number of carbonyl (C=O) groups is 2. The van der Waals surface area contributed by atoms with Gasteiger partial charge in [0.2, 0.25) is 0 Å². The Bertz CT molecular complexity index is 753. The molecule has 11 heteroatoms. The summed E-state index contributed by atoms with van der Waals surface area (Å²) in [6, 6.07) is 6.22. The SMILES string of the molecule is O=C(NCC1CC(C(F)(F)F)=NO1)Nc1ccccc1CN1CCNC1=O. The van der Waals surface area contributed by atoms with Crippen molar-refractivity contribution in [3.05, 3.63) is 29.8 Å². The summed E-state index contributed by atoms with van der Waals surface area (Å²) in [4.78, 5) is 30.0. The average molecular weight is 385 g/mol. The van der Waals surface area contributed by atoms with Gasteiger partial charge in [-0.1, -0.05) is 23.4 Å². The van der Waals surface area contributed by atoms with Crippen molar-refractivity contribution in [1.82, 2.24) is 15.5 Å². The number of nitrogens with one attached hydrogen (secondary N) is 3. The third kappa shape index (κ3) is 4.80. The number of hydrogen-bond acceptors (Lipinski definition) is 4. The van der Waals surface area contributed by atoms with Gasteiger partial charge in [0.25, 0.3) is 0 Å². The standard InChI is InChI=1S/C16H18F3N5O3/c17-16(18,19)13-7-11(27-23-13)8-21-14(25)22-12-4-2-1-3-10(12)9-24-6-5-20-15(24)26/h1-4,11H,5-9H2,(H,20,26)(H2,21,22,25). The van der Waals surface area contributed by atoms with E-state index >= 15 is 0 Å². The zero-order valence-electron chi connectivity index (χ0n) is 14.2. The van der Waals surface area contributed by atoms with Gasteiger partial charge in [-0.15, -0.1) is 0 Å². The van der Waals surface area contributed by atoms with Crippen molar-refractivity contribution in [3.63, 3.8) is 0 Å². The molecule has 4 amide bonds. The monoisotopic (exact) mass is 385 g/mol. The quantitative estimate of drug-likeness (QED) is 0.724. The lowest BCUT2D eigenvalue weighted by molar-refractivity contribution is -0.0604. The molecular formula is C16H18F3N5O3. The molecule has 1 fully saturated rings. The van der Waals surface area contributed by atoms with E-state index in [0.717, 1.165) is 5.56 Å². The Labute approximate surface area is 152 Å². The van der Waals surface area contributed by atoms with E-state index in [9.17, 15) is 22.8 Å². The van der Waals surface area contributed by atoms with E-state index in [-0.39, 0.29) is 12.6 Å². The molecule has 0 bridgehead atoms. The molecule has 2 aliphatic rings. The van der Waals surface area contributed by atoms with Crippen molar-refractivity contribution in [2.24, 2.45) is 5.16 Å². The molecule has 8 nitrogen and oxygen atoms in total. The van der Waals surface area contributed by atoms with Crippen LogP contribution in [0.5, 0.6) is 0 Å². The first-order valence-corrected chi connectivity index (χ1v) is 8.28. The van der Waals surface area contributed by atoms with E-state index in [2.05, 4.69) is 21.1 Å². The maximum atomic E-state index is 12.5. The Morgan fingerprint density at radius 1 is 1.37 bits per heavy atom. The van der Waals surface area contributed by atoms with Crippen molar-refractivity contribution >= 4 is 23.5 Å². The van der Waals surface area contributed by atoms with Crippen LogP contribution in [-0.4, -0.2) is 54.6 Å². The van der Waals surface area contributed by atoms with Crippen LogP contribution < -0.4 is 16.0 Å². The predicted octanol–water partition coefficient (Wildman–Crippen LogP) is 2.04. The molecule has 1 atom stereocenters. The summed E-state index contributed by atoms with van der Waals surface area (Å²) in [5.41, 5.74) is 0.253. The van der Waals surface area contributed by atoms with E-state index in [1.54, 1.807) is 29.2 Å². The van der Waals surface area contributed by atoms with Crippen LogP contribution in [0.4, 0.5) is 28.4 Å². The Kier molecular flexibility index (Phi) is 5.38. The van der Waals surface area contributed by atoms with Crippen molar-refractivity contribution < 1.29 is 27.6 Å². The minimum atomic E-state index is -4.53. The topological polar surface area (TPSA) is 95.1 Å². The molecule has 1 unspecified atom stereocenters. The highest BCUT2D eigenvalue weighted by Crippen LogP contribution is 2.25. The summed E-state index contributed by atoms with van der Waals surface area (Å²) in [6.45, 7) is 1.35. The predicted molar refractivity (Wildman–Crippen MR) is 90.3 cm³/mol. The normalized spacial score (nSPS) is 19.4. The van der Waals surface area contributed by atoms with Crippen LogP contribution in [0.15, 0.2) is 29.4 Å². The smallest absolute Gasteiger partial charge is 0.390 e. The Hall–Kier alpha value is -2.98. The molecular weight excluding hydrogens is 367 g/mol. The average Bonchev–Trinajstić information content (AvgIpc) is 3.24. The molecule has 27 heavy (non-hydrogen) atoms. The third-order valence-electron chi connectivity index (χ3n) is 4.12. The van der Waals surface area contributed by atoms with E-state index < -0.39 is 30.4 Å². The fraction of sp³-hybridized carbons (Fsp3) is 0.438. The minimum absolute atomic E-state index is 0.119. The highest BCUT2D eigenvalue weighted by molar-refractivity contribution is 5.91. The molecule has 0 aromatic heterocycles. The summed E-state index contributed by atoms with van der Waals surface area (Å²) in [6.07, 6.45) is -5.81. The van der Waals surface area contributed by atoms with Crippen molar-refractivity contribution in [2.75, 3.05) is 25.0 Å². The Balaban J connectivity index is 1.51. The minimum Gasteiger partial charge on any atom is -0.390 e. The number of amides is 4. The van der Waals surface area contributed by atoms with E-state index in [1.807, 2.05) is 0 Å². The first-order valence-electron chi connectivity index (χ1n) is 8.28. The first kappa shape index (κ1) is 18.8. The highest BCUT2D eigenvalue weighted by Gasteiger charge is 2.41. The van der Waals surface area contributed by atoms with Crippen LogP contribution in [0, 0.1) is 0 Å². The number of benzene rings is 1. The van der Waals surface area contributed by atoms with Gasteiger partial charge in [0.1, 0.15) is 0 Å². The second kappa shape index (κ2) is 7.72. The number of halogens is 3. The summed E-state index contributed by atoms with van der Waals surface area (Å²) >= 11 is 0. The molecule has 2 heterocycles. The van der Waals surface area contributed by atoms with Gasteiger partial charge in [-0.05, 0) is 11.6 Å². The van der Waals surface area contributed by atoms with Crippen LogP contribution >= 0.6 is 0 Å². The molecule has 2 aliphatic heterocycles. The van der Waals surface area contributed by atoms with Gasteiger partial charge in [-0.3, -0.25) is 0 Å². The fourth-order valence-corrected chi connectivity index (χ4v) is 2.73. The molecule has 3 rings (SSSR count). The van der Waals surface area contributed by atoms with Crippen LogP contribution in [0.25, 0.3) is 0 Å². The maximum absolute atomic E-state index is 12.5. The molecule has 146 valence electrons. The molecule has 0 aliphatic carbocycles. The van der Waals surface area contributed by atoms with Gasteiger partial charge in [0, 0.05) is 31.7 Å². The van der Waals surface area contributed by atoms with Crippen LogP contribution in [0.3, 0.4) is 0 Å². The number of rotatable bonds is 5. The largest absolute Gasteiger partial charge is 0.432 e. The number of hydrogen-bond donors (Lipinski definition) is 3. The van der Waals surface area contributed by atoms with Crippen LogP contribution in [-0.2, 0) is 11.4 Å². The number of para-hydroxylation sites is 1. The second-order valence-corrected chi connectivity index (χ2v) is 6.11. The summed E-state index contributed by atoms with van der Waals surface area (Å²) in [7, 11) is 0. The van der Waals surface area contributed by atoms with Gasteiger partial charge in [0.05, 0.1) is 6.54 Å². The summed E-state index contributed by atoms with van der Waals surface area (Å²) in [5, 5.41) is 10.8. The number of anilines is 1. The van der Waals surface area contributed by atoms with Gasteiger partial charge in [-0.2, -0.15) is 13.2 Å². The third-order valence-corrected chi connectivity index (χ3v) is 4.12. The maximum Gasteiger partial charge on any atom is 0.432 e. The highest BCUT2D eigenvalue weighted by atomic mass is 19.4. The van der Waals surface area contributed by atoms with Crippen LogP contribution in [0.1, 0.15) is 12.0 Å². The molecule has 3 N–H and O–H groups in total. The van der Waals surface area contributed by atoms with Crippen molar-refractivity contribution in [1.29, 1.82) is 0 Å². The van der Waals surface area contributed by atoms with E-state index in [4.69, 9.17) is 4.84 Å². The molecule has 0 spiro atoms. The van der Waals surface area contributed by atoms with E-state index in [1.165, 1.54) is 0 Å². The molecule has 1 aromatic carbocycles. The van der Waals surface area contributed by atoms with E-state index in [0.29, 0.717) is 25.3 Å². The number of urea groups is 2. The second-order valence-electron chi connectivity index (χ2n) is 6.11. The number of carbonyl (C=O) groups excluding carboxylic acids is 2. The number of alkyl halides is 3. The lowest BCUT2D eigenvalue weighted by atomic mass is 10.1. The number of nitrogens with zero attached hydrogens (tertiary/aromatic N) is 2. The van der Waals surface area contributed by atoms with Crippen LogP contribution in [0.2, 0.25) is 0 Å². The van der Waals surface area contributed by atoms with Crippen molar-refractivity contribution in [2.45, 2.75) is 25.2 Å². The molecule has 0 radical (unpaired) electrons. The summed E-state index contributed by atoms with van der Waals surface area (Å²) in [5.74, 6) is 0. The Morgan fingerprint density at radius 3 is 2.81 bits per heavy atom. The summed E-state index contributed by atoms with van der Waals surface area (Å²) < 4.78 is 37.5. The van der Waals surface area contributed by atoms with Gasteiger partial charge >= 0.3 is 18.2 Å². The lowest BCUT2D eigenvalue weighted by Crippen LogP contribution is -2.36. The Morgan fingerprint density at radius 2 is 2.15 bits per heavy atom. The van der Waals surface area contributed by atoms with Gasteiger partial charge in [-0.25, -0.2) is 9.59 Å². The zero-order valence-corrected chi connectivity index (χ0v) is 14.2. The molecule has 1 saturated heterocycles. The van der Waals surface area contributed by atoms with Gasteiger partial charge < -0.3 is 25.7 Å². The fourth-order valence-electron chi connectivity index (χ4n) is 2.73. The first-order chi connectivity index (χ1) is 12.8. The lowest BCUT2D eigenvalue weighted by Gasteiger charge is -2.18. The molecule has 1 aromatic rings. The van der Waals surface area contributed by atoms with Crippen molar-refractivity contribution in [3.8, 4) is 0 Å². The number of oxime groups is 1. The molecule has 0 saturated carbocycles. The van der Waals surface area contributed by atoms with Gasteiger partial charge in [0.15, 0.2) is 11.8 Å².